The summed E-state index contributed by atoms with van der Waals surface area (Å²) >= 11 is 5.88. The molecule has 29 heavy (non-hydrogen) atoms. The Bertz CT molecular complexity index is 1090. The van der Waals surface area contributed by atoms with Crippen LogP contribution in [0, 0.1) is 6.92 Å². The van der Waals surface area contributed by atoms with Gasteiger partial charge in [-0.05, 0) is 43.5 Å². The van der Waals surface area contributed by atoms with Crippen molar-refractivity contribution in [2.45, 2.75) is 20.3 Å². The maximum absolute atomic E-state index is 12.5. The van der Waals surface area contributed by atoms with Crippen LogP contribution in [0.4, 0.5) is 0 Å². The fraction of sp³-hybridized carbons (Fsp3) is 0.238. The normalized spacial score (nSPS) is 16.7. The fourth-order valence-corrected chi connectivity index (χ4v) is 4.75. The number of aliphatic imine (C=N–C) groups is 1. The second-order valence-corrected chi connectivity index (χ2v) is 8.88. The third-order valence-corrected chi connectivity index (χ3v) is 6.29. The van der Waals surface area contributed by atoms with E-state index in [0.29, 0.717) is 22.7 Å². The van der Waals surface area contributed by atoms with E-state index in [4.69, 9.17) is 11.6 Å². The summed E-state index contributed by atoms with van der Waals surface area (Å²) in [4.78, 5) is 16.4. The van der Waals surface area contributed by atoms with E-state index in [-0.39, 0.29) is 23.2 Å². The average Bonchev–Trinajstić information content (AvgIpc) is 2.89. The highest BCUT2D eigenvalue weighted by Crippen LogP contribution is 2.30. The van der Waals surface area contributed by atoms with E-state index in [1.165, 1.54) is 5.56 Å². The van der Waals surface area contributed by atoms with Crippen molar-refractivity contribution in [1.29, 1.82) is 0 Å². The van der Waals surface area contributed by atoms with Crippen molar-refractivity contribution in [1.82, 2.24) is 10.0 Å². The van der Waals surface area contributed by atoms with Crippen molar-refractivity contribution in [3.8, 4) is 0 Å². The van der Waals surface area contributed by atoms with Gasteiger partial charge in [0.05, 0.1) is 0 Å². The summed E-state index contributed by atoms with van der Waals surface area (Å²) in [5.41, 5.74) is 3.31. The molecule has 6 nitrogen and oxygen atoms in total. The predicted octanol–water partition coefficient (Wildman–Crippen LogP) is 3.07. The van der Waals surface area contributed by atoms with Crippen molar-refractivity contribution in [2.24, 2.45) is 4.99 Å². The van der Waals surface area contributed by atoms with Crippen molar-refractivity contribution < 1.29 is 13.2 Å². The van der Waals surface area contributed by atoms with Crippen LogP contribution in [0.2, 0.25) is 5.02 Å². The van der Waals surface area contributed by atoms with Crippen LogP contribution in [-0.4, -0.2) is 33.3 Å². The highest BCUT2D eigenvalue weighted by Gasteiger charge is 2.32. The van der Waals surface area contributed by atoms with Crippen LogP contribution < -0.4 is 10.0 Å². The molecule has 1 aliphatic rings. The van der Waals surface area contributed by atoms with Gasteiger partial charge < -0.3 is 5.32 Å². The van der Waals surface area contributed by atoms with Crippen LogP contribution in [0.3, 0.4) is 0 Å². The van der Waals surface area contributed by atoms with Crippen molar-refractivity contribution in [3.05, 3.63) is 75.8 Å². The first-order valence-electron chi connectivity index (χ1n) is 9.13. The van der Waals surface area contributed by atoms with E-state index >= 15 is 0 Å². The Morgan fingerprint density at radius 1 is 1.14 bits per heavy atom. The lowest BCUT2D eigenvalue weighted by molar-refractivity contribution is -0.119. The van der Waals surface area contributed by atoms with Crippen molar-refractivity contribution in [2.75, 3.05) is 13.1 Å². The third kappa shape index (κ3) is 5.25. The first kappa shape index (κ1) is 21.1. The van der Waals surface area contributed by atoms with Gasteiger partial charge in [0.15, 0.2) is 0 Å². The molecule has 0 aromatic heterocycles. The summed E-state index contributed by atoms with van der Waals surface area (Å²) in [5, 5.41) is 3.33. The summed E-state index contributed by atoms with van der Waals surface area (Å²) in [5.74, 6) is -0.0825. The summed E-state index contributed by atoms with van der Waals surface area (Å²) < 4.78 is 27.4. The molecule has 0 aliphatic carbocycles. The zero-order valence-corrected chi connectivity index (χ0v) is 17.8. The molecule has 0 fully saturated rings. The first-order valence-corrected chi connectivity index (χ1v) is 11.0. The number of rotatable bonds is 6. The summed E-state index contributed by atoms with van der Waals surface area (Å²) in [6, 6.07) is 14.6. The van der Waals surface area contributed by atoms with Gasteiger partial charge in [-0.2, -0.15) is 0 Å². The molecule has 0 spiro atoms. The second kappa shape index (κ2) is 8.80. The Labute approximate surface area is 175 Å². The number of carbonyl (C=O) groups is 1. The topological polar surface area (TPSA) is 87.6 Å². The van der Waals surface area contributed by atoms with Gasteiger partial charge in [0, 0.05) is 17.1 Å². The van der Waals surface area contributed by atoms with E-state index in [9.17, 15) is 13.2 Å². The maximum atomic E-state index is 12.5. The van der Waals surface area contributed by atoms with Gasteiger partial charge in [-0.1, -0.05) is 53.6 Å². The zero-order valence-electron chi connectivity index (χ0n) is 16.2. The molecule has 0 unspecified atom stereocenters. The number of hydrogen-bond acceptors (Lipinski definition) is 4. The molecule has 0 bridgehead atoms. The molecular weight excluding hydrogens is 410 g/mol. The highest BCUT2D eigenvalue weighted by atomic mass is 35.5. The molecule has 0 radical (unpaired) electrons. The van der Waals surface area contributed by atoms with Gasteiger partial charge in [0.2, 0.25) is 5.91 Å². The van der Waals surface area contributed by atoms with Crippen LogP contribution in [0.5, 0.6) is 0 Å². The number of aryl methyl sites for hydroxylation is 1. The summed E-state index contributed by atoms with van der Waals surface area (Å²) in [6.45, 7) is 4.02. The van der Waals surface area contributed by atoms with Gasteiger partial charge in [-0.3, -0.25) is 14.5 Å². The average molecular weight is 432 g/mol. The number of halogens is 1. The Morgan fingerprint density at radius 2 is 1.86 bits per heavy atom. The van der Waals surface area contributed by atoms with Crippen LogP contribution >= 0.6 is 11.6 Å². The van der Waals surface area contributed by atoms with E-state index in [0.717, 1.165) is 12.0 Å². The van der Waals surface area contributed by atoms with Gasteiger partial charge in [0.1, 0.15) is 17.3 Å². The lowest BCUT2D eigenvalue weighted by atomic mass is 10.1. The SMILES string of the molecule is CC1=C(c2ccc(Cl)cc2)S(=O)(=O)NC1=NCC(=O)NCCc1cccc(C)c1. The van der Waals surface area contributed by atoms with Crippen LogP contribution in [-0.2, 0) is 21.2 Å². The van der Waals surface area contributed by atoms with Crippen LogP contribution in [0.25, 0.3) is 4.91 Å². The molecule has 0 saturated heterocycles. The quantitative estimate of drug-likeness (QED) is 0.736. The molecule has 152 valence electrons. The lowest BCUT2D eigenvalue weighted by Gasteiger charge is -2.05. The summed E-state index contributed by atoms with van der Waals surface area (Å²) in [7, 11) is -3.73. The molecule has 1 aliphatic heterocycles. The Kier molecular flexibility index (Phi) is 6.39. The Balaban J connectivity index is 1.64. The van der Waals surface area contributed by atoms with E-state index in [1.54, 1.807) is 31.2 Å². The number of nitrogens with zero attached hydrogens (tertiary/aromatic N) is 1. The fourth-order valence-electron chi connectivity index (χ4n) is 3.11. The molecule has 0 saturated carbocycles. The van der Waals surface area contributed by atoms with Crippen LogP contribution in [0.1, 0.15) is 23.6 Å². The van der Waals surface area contributed by atoms with E-state index in [2.05, 4.69) is 21.1 Å². The largest absolute Gasteiger partial charge is 0.354 e. The zero-order chi connectivity index (χ0) is 21.0. The van der Waals surface area contributed by atoms with E-state index in [1.807, 2.05) is 25.1 Å². The highest BCUT2D eigenvalue weighted by molar-refractivity contribution is 8.00. The Hall–Kier alpha value is -2.64. The summed E-state index contributed by atoms with van der Waals surface area (Å²) in [6.07, 6.45) is 0.719. The molecular formula is C21H22ClN3O3S. The molecule has 2 N–H and O–H groups in total. The van der Waals surface area contributed by atoms with Crippen molar-refractivity contribution in [3.63, 3.8) is 0 Å². The number of carbonyl (C=O) groups excluding carboxylic acids is 1. The number of amidine groups is 1. The molecule has 2 aromatic rings. The molecule has 0 atom stereocenters. The second-order valence-electron chi connectivity index (χ2n) is 6.82. The molecule has 3 rings (SSSR count). The minimum atomic E-state index is -3.73. The van der Waals surface area contributed by atoms with Gasteiger partial charge in [-0.15, -0.1) is 0 Å². The minimum Gasteiger partial charge on any atom is -0.354 e. The number of sulfonamides is 1. The lowest BCUT2D eigenvalue weighted by Crippen LogP contribution is -2.30. The van der Waals surface area contributed by atoms with Crippen LogP contribution in [0.15, 0.2) is 59.1 Å². The smallest absolute Gasteiger partial charge is 0.264 e. The monoisotopic (exact) mass is 431 g/mol. The standard InChI is InChI=1S/C21H22ClN3O3S/c1-14-4-3-5-16(12-14)10-11-23-19(26)13-24-21-15(2)20(29(27,28)25-21)17-6-8-18(22)9-7-17/h3-9,12H,10-11,13H2,1-2H3,(H,23,26)(H,24,25). The number of benzene rings is 2. The third-order valence-electron chi connectivity index (χ3n) is 4.50. The number of hydrogen-bond donors (Lipinski definition) is 2. The molecule has 1 heterocycles. The minimum absolute atomic E-state index is 0.146. The van der Waals surface area contributed by atoms with Gasteiger partial charge in [0.25, 0.3) is 10.0 Å². The molecule has 2 aromatic carbocycles. The molecule has 1 amide bonds. The molecule has 8 heteroatoms. The maximum Gasteiger partial charge on any atom is 0.264 e. The predicted molar refractivity (Wildman–Crippen MR) is 116 cm³/mol. The first-order chi connectivity index (χ1) is 13.8. The number of nitrogens with one attached hydrogen (secondary N) is 2. The number of amides is 1. The van der Waals surface area contributed by atoms with E-state index < -0.39 is 10.0 Å². The van der Waals surface area contributed by atoms with Crippen molar-refractivity contribution >= 4 is 38.3 Å². The Morgan fingerprint density at radius 3 is 2.55 bits per heavy atom. The van der Waals surface area contributed by atoms with Gasteiger partial charge >= 0.3 is 0 Å². The van der Waals surface area contributed by atoms with Gasteiger partial charge in [-0.25, -0.2) is 8.42 Å².